The molecule has 26 heavy (non-hydrogen) atoms. The lowest BCUT2D eigenvalue weighted by atomic mass is 10.2. The van der Waals surface area contributed by atoms with E-state index in [1.54, 1.807) is 11.8 Å². The summed E-state index contributed by atoms with van der Waals surface area (Å²) in [4.78, 5) is 13.5. The molecule has 0 unspecified atom stereocenters. The number of nitrogens with one attached hydrogen (secondary N) is 1. The SMILES string of the molecule is C[C@H](C(=O)NCCSc1ccccc1)N(c1ccccc1F)S(C)(=O)=O. The van der Waals surface area contributed by atoms with Gasteiger partial charge in [-0.2, -0.15) is 0 Å². The molecule has 8 heteroatoms. The van der Waals surface area contributed by atoms with Crippen molar-refractivity contribution in [3.05, 3.63) is 60.4 Å². The molecule has 1 atom stereocenters. The predicted octanol–water partition coefficient (Wildman–Crippen LogP) is 2.89. The standard InChI is InChI=1S/C18H21FN2O3S2/c1-14(18(22)20-12-13-25-15-8-4-3-5-9-15)21(26(2,23)24)17-11-7-6-10-16(17)19/h3-11,14H,12-13H2,1-2H3,(H,20,22)/t14-/m1/s1. The first kappa shape index (κ1) is 20.3. The molecule has 0 spiro atoms. The van der Waals surface area contributed by atoms with Gasteiger partial charge in [-0.15, -0.1) is 11.8 Å². The summed E-state index contributed by atoms with van der Waals surface area (Å²) in [6, 6.07) is 14.2. The first-order chi connectivity index (χ1) is 12.3. The van der Waals surface area contributed by atoms with Crippen LogP contribution in [0.1, 0.15) is 6.92 Å². The van der Waals surface area contributed by atoms with Gasteiger partial charge in [-0.3, -0.25) is 9.10 Å². The van der Waals surface area contributed by atoms with Crippen molar-refractivity contribution < 1.29 is 17.6 Å². The number of anilines is 1. The van der Waals surface area contributed by atoms with Gasteiger partial charge in [0.15, 0.2) is 0 Å². The molecule has 0 fully saturated rings. The zero-order valence-electron chi connectivity index (χ0n) is 14.6. The van der Waals surface area contributed by atoms with Gasteiger partial charge in [0.05, 0.1) is 11.9 Å². The van der Waals surface area contributed by atoms with E-state index >= 15 is 0 Å². The topological polar surface area (TPSA) is 66.5 Å². The van der Waals surface area contributed by atoms with E-state index in [4.69, 9.17) is 0 Å². The van der Waals surface area contributed by atoms with Crippen LogP contribution in [-0.4, -0.2) is 38.9 Å². The fourth-order valence-corrected chi connectivity index (χ4v) is 4.38. The van der Waals surface area contributed by atoms with Crippen molar-refractivity contribution in [3.63, 3.8) is 0 Å². The van der Waals surface area contributed by atoms with Crippen molar-refractivity contribution in [1.82, 2.24) is 5.32 Å². The lowest BCUT2D eigenvalue weighted by Gasteiger charge is -2.28. The van der Waals surface area contributed by atoms with Crippen molar-refractivity contribution >= 4 is 33.4 Å². The molecule has 0 heterocycles. The highest BCUT2D eigenvalue weighted by molar-refractivity contribution is 7.99. The number of amides is 1. The minimum atomic E-state index is -3.83. The summed E-state index contributed by atoms with van der Waals surface area (Å²) >= 11 is 1.58. The van der Waals surface area contributed by atoms with Gasteiger partial charge in [-0.25, -0.2) is 12.8 Å². The Hall–Kier alpha value is -2.06. The Morgan fingerprint density at radius 1 is 1.15 bits per heavy atom. The summed E-state index contributed by atoms with van der Waals surface area (Å²) in [6.07, 6.45) is 0.953. The molecule has 0 saturated carbocycles. The summed E-state index contributed by atoms with van der Waals surface area (Å²) in [5.74, 6) is -0.536. The van der Waals surface area contributed by atoms with Gasteiger partial charge >= 0.3 is 0 Å². The lowest BCUT2D eigenvalue weighted by molar-refractivity contribution is -0.121. The maximum Gasteiger partial charge on any atom is 0.243 e. The van der Waals surface area contributed by atoms with Crippen molar-refractivity contribution in [2.75, 3.05) is 22.9 Å². The Bertz CT molecular complexity index is 845. The fraction of sp³-hybridized carbons (Fsp3) is 0.278. The number of hydrogen-bond donors (Lipinski definition) is 1. The Kier molecular flexibility index (Phi) is 7.05. The van der Waals surface area contributed by atoms with Crippen LogP contribution in [0.5, 0.6) is 0 Å². The number of benzene rings is 2. The Balaban J connectivity index is 2.00. The van der Waals surface area contributed by atoms with Crippen LogP contribution in [0.25, 0.3) is 0 Å². The number of thioether (sulfide) groups is 1. The predicted molar refractivity (Wildman–Crippen MR) is 103 cm³/mol. The highest BCUT2D eigenvalue weighted by Gasteiger charge is 2.30. The molecule has 0 bridgehead atoms. The van der Waals surface area contributed by atoms with E-state index < -0.39 is 27.8 Å². The maximum absolute atomic E-state index is 14.0. The summed E-state index contributed by atoms with van der Waals surface area (Å²) in [5, 5.41) is 2.71. The van der Waals surface area contributed by atoms with Gasteiger partial charge in [0.25, 0.3) is 0 Å². The van der Waals surface area contributed by atoms with E-state index in [0.29, 0.717) is 12.3 Å². The first-order valence-corrected chi connectivity index (χ1v) is 10.8. The third kappa shape index (κ3) is 5.47. The number of sulfonamides is 1. The quantitative estimate of drug-likeness (QED) is 0.550. The van der Waals surface area contributed by atoms with E-state index in [9.17, 15) is 17.6 Å². The van der Waals surface area contributed by atoms with Crippen molar-refractivity contribution in [3.8, 4) is 0 Å². The van der Waals surface area contributed by atoms with Gasteiger partial charge in [0, 0.05) is 17.2 Å². The smallest absolute Gasteiger partial charge is 0.243 e. The number of halogens is 1. The minimum Gasteiger partial charge on any atom is -0.353 e. The average molecular weight is 397 g/mol. The molecule has 0 aliphatic heterocycles. The van der Waals surface area contributed by atoms with Crippen LogP contribution in [0.15, 0.2) is 59.5 Å². The zero-order chi connectivity index (χ0) is 19.2. The van der Waals surface area contributed by atoms with Gasteiger partial charge in [-0.05, 0) is 31.2 Å². The minimum absolute atomic E-state index is 0.142. The van der Waals surface area contributed by atoms with E-state index in [-0.39, 0.29) is 5.69 Å². The third-order valence-corrected chi connectivity index (χ3v) is 5.83. The second-order valence-electron chi connectivity index (χ2n) is 5.64. The number of nitrogens with zero attached hydrogens (tertiary/aromatic N) is 1. The number of carbonyl (C=O) groups excluding carboxylic acids is 1. The molecule has 2 aromatic carbocycles. The number of carbonyl (C=O) groups is 1. The van der Waals surface area contributed by atoms with Crippen molar-refractivity contribution in [1.29, 1.82) is 0 Å². The van der Waals surface area contributed by atoms with Crippen molar-refractivity contribution in [2.45, 2.75) is 17.9 Å². The monoisotopic (exact) mass is 396 g/mol. The van der Waals surface area contributed by atoms with Gasteiger partial charge in [-0.1, -0.05) is 30.3 Å². The normalized spacial score (nSPS) is 12.4. The Morgan fingerprint density at radius 3 is 2.38 bits per heavy atom. The van der Waals surface area contributed by atoms with Gasteiger partial charge in [0.2, 0.25) is 15.9 Å². The molecule has 0 aromatic heterocycles. The second kappa shape index (κ2) is 9.05. The van der Waals surface area contributed by atoms with Crippen molar-refractivity contribution in [2.24, 2.45) is 0 Å². The molecule has 5 nitrogen and oxygen atoms in total. The highest BCUT2D eigenvalue weighted by Crippen LogP contribution is 2.24. The lowest BCUT2D eigenvalue weighted by Crippen LogP contribution is -2.48. The third-order valence-electron chi connectivity index (χ3n) is 3.59. The van der Waals surface area contributed by atoms with Crippen LogP contribution in [0.2, 0.25) is 0 Å². The van der Waals surface area contributed by atoms with E-state index in [2.05, 4.69) is 5.32 Å². The molecular weight excluding hydrogens is 375 g/mol. The van der Waals surface area contributed by atoms with E-state index in [1.807, 2.05) is 30.3 Å². The second-order valence-corrected chi connectivity index (χ2v) is 8.67. The molecule has 0 aliphatic carbocycles. The van der Waals surface area contributed by atoms with Crippen LogP contribution in [0.4, 0.5) is 10.1 Å². The zero-order valence-corrected chi connectivity index (χ0v) is 16.2. The summed E-state index contributed by atoms with van der Waals surface area (Å²) in [7, 11) is -3.83. The summed E-state index contributed by atoms with van der Waals surface area (Å²) in [6.45, 7) is 1.81. The highest BCUT2D eigenvalue weighted by atomic mass is 32.2. The molecule has 0 radical (unpaired) electrons. The number of para-hydroxylation sites is 1. The molecule has 140 valence electrons. The summed E-state index contributed by atoms with van der Waals surface area (Å²) < 4.78 is 39.1. The maximum atomic E-state index is 14.0. The molecule has 2 aromatic rings. The van der Waals surface area contributed by atoms with Gasteiger partial charge < -0.3 is 5.32 Å². The number of hydrogen-bond acceptors (Lipinski definition) is 4. The van der Waals surface area contributed by atoms with E-state index in [0.717, 1.165) is 21.5 Å². The average Bonchev–Trinajstić information content (AvgIpc) is 2.60. The largest absolute Gasteiger partial charge is 0.353 e. The fourth-order valence-electron chi connectivity index (χ4n) is 2.42. The molecule has 2 rings (SSSR count). The van der Waals surface area contributed by atoms with Crippen LogP contribution >= 0.6 is 11.8 Å². The molecule has 0 aliphatic rings. The Morgan fingerprint density at radius 2 is 1.77 bits per heavy atom. The summed E-state index contributed by atoms with van der Waals surface area (Å²) in [5.41, 5.74) is -0.142. The first-order valence-electron chi connectivity index (χ1n) is 8.00. The molecule has 0 saturated heterocycles. The molecule has 1 amide bonds. The van der Waals surface area contributed by atoms with Crippen LogP contribution in [0, 0.1) is 5.82 Å². The van der Waals surface area contributed by atoms with Crippen LogP contribution < -0.4 is 9.62 Å². The Labute approximate surface area is 157 Å². The number of rotatable bonds is 8. The van der Waals surface area contributed by atoms with Crippen LogP contribution in [-0.2, 0) is 14.8 Å². The molecular formula is C18H21FN2O3S2. The molecule has 1 N–H and O–H groups in total. The van der Waals surface area contributed by atoms with E-state index in [1.165, 1.54) is 25.1 Å². The van der Waals surface area contributed by atoms with Crippen LogP contribution in [0.3, 0.4) is 0 Å². The van der Waals surface area contributed by atoms with Gasteiger partial charge in [0.1, 0.15) is 11.9 Å².